The minimum Gasteiger partial charge on any atom is -0.477 e. The molecule has 1 heterocycles. The van der Waals surface area contributed by atoms with Gasteiger partial charge in [-0.15, -0.1) is 15.3 Å². The Balaban J connectivity index is 2.12. The minimum atomic E-state index is 0.135. The summed E-state index contributed by atoms with van der Waals surface area (Å²) in [7, 11) is 0. The first-order chi connectivity index (χ1) is 11.2. The molecule has 0 amide bonds. The summed E-state index contributed by atoms with van der Waals surface area (Å²) in [5, 5.41) is 24.2. The molecule has 0 aliphatic rings. The van der Waals surface area contributed by atoms with Crippen LogP contribution in [0.5, 0.6) is 5.88 Å². The number of likely N-dealkylation sites (N-methyl/N-ethyl adjacent to an activating group) is 1. The number of azo groups is 1. The smallest absolute Gasteiger partial charge is 0.234 e. The van der Waals surface area contributed by atoms with E-state index < -0.39 is 0 Å². The van der Waals surface area contributed by atoms with Crippen molar-refractivity contribution in [3.63, 3.8) is 0 Å². The van der Waals surface area contributed by atoms with Crippen LogP contribution in [0.15, 0.2) is 34.5 Å². The molecule has 0 unspecified atom stereocenters. The number of anilines is 1. The second kappa shape index (κ2) is 8.28. The average molecular weight is 317 g/mol. The molecule has 2 aromatic rings. The van der Waals surface area contributed by atoms with E-state index >= 15 is 0 Å². The summed E-state index contributed by atoms with van der Waals surface area (Å²) < 4.78 is 5.27. The van der Waals surface area contributed by atoms with Crippen LogP contribution in [0.3, 0.4) is 0 Å². The molecule has 0 radical (unpaired) electrons. The third-order valence-corrected chi connectivity index (χ3v) is 3.40. The lowest BCUT2D eigenvalue weighted by atomic mass is 10.1. The highest BCUT2D eigenvalue weighted by Crippen LogP contribution is 2.26. The summed E-state index contributed by atoms with van der Waals surface area (Å²) in [6.45, 7) is 8.10. The van der Waals surface area contributed by atoms with Gasteiger partial charge in [-0.3, -0.25) is 5.10 Å². The van der Waals surface area contributed by atoms with Crippen molar-refractivity contribution >= 4 is 17.2 Å². The lowest BCUT2D eigenvalue weighted by Crippen LogP contribution is -2.26. The van der Waals surface area contributed by atoms with Gasteiger partial charge in [-0.1, -0.05) is 0 Å². The van der Waals surface area contributed by atoms with Crippen molar-refractivity contribution in [3.05, 3.63) is 29.8 Å². The fourth-order valence-electron chi connectivity index (χ4n) is 2.21. The van der Waals surface area contributed by atoms with Crippen LogP contribution in [0.25, 0.3) is 0 Å². The van der Waals surface area contributed by atoms with Crippen molar-refractivity contribution in [2.24, 2.45) is 10.2 Å². The topological polar surface area (TPSA) is 86.1 Å². The maximum Gasteiger partial charge on any atom is 0.234 e. The number of hydrogen-bond donors (Lipinski definition) is 2. The van der Waals surface area contributed by atoms with Crippen molar-refractivity contribution in [2.75, 3.05) is 31.2 Å². The minimum absolute atomic E-state index is 0.135. The van der Waals surface area contributed by atoms with Gasteiger partial charge in [-0.2, -0.15) is 0 Å². The first-order valence-electron chi connectivity index (χ1n) is 7.74. The Labute approximate surface area is 136 Å². The van der Waals surface area contributed by atoms with E-state index in [0.717, 1.165) is 23.5 Å². The second-order valence-corrected chi connectivity index (χ2v) is 5.00. The number of aliphatic hydroxyl groups is 1. The number of nitrogens with zero attached hydrogens (tertiary/aromatic N) is 4. The summed E-state index contributed by atoms with van der Waals surface area (Å²) in [5.74, 6) is 1.06. The Hall–Kier alpha value is -2.41. The molecule has 0 bridgehead atoms. The molecule has 0 saturated heterocycles. The van der Waals surface area contributed by atoms with Crippen LogP contribution in [0.2, 0.25) is 0 Å². The van der Waals surface area contributed by atoms with Gasteiger partial charge in [-0.25, -0.2) is 0 Å². The van der Waals surface area contributed by atoms with Crippen molar-refractivity contribution in [1.82, 2.24) is 10.2 Å². The Morgan fingerprint density at radius 2 is 2.09 bits per heavy atom. The van der Waals surface area contributed by atoms with Crippen LogP contribution in [-0.2, 0) is 0 Å². The predicted molar refractivity (Wildman–Crippen MR) is 90.1 cm³/mol. The fraction of sp³-hybridized carbons (Fsp3) is 0.438. The standard InChI is InChI=1S/C16H23N5O2/c1-4-21(8-9-22)13-6-7-14(12(3)10-13)17-18-15-11-16(20-19-15)23-5-2/h6-7,10-11,22H,4-5,8-9H2,1-3H3,(H,19,20). The molecule has 0 saturated carbocycles. The average Bonchev–Trinajstić information content (AvgIpc) is 2.99. The van der Waals surface area contributed by atoms with Gasteiger partial charge in [0.15, 0.2) is 5.82 Å². The van der Waals surface area contributed by atoms with E-state index in [1.165, 1.54) is 0 Å². The molecular weight excluding hydrogens is 294 g/mol. The van der Waals surface area contributed by atoms with E-state index in [9.17, 15) is 0 Å². The zero-order valence-electron chi connectivity index (χ0n) is 13.8. The molecule has 23 heavy (non-hydrogen) atoms. The lowest BCUT2D eigenvalue weighted by molar-refractivity contribution is 0.302. The molecule has 0 aliphatic carbocycles. The third-order valence-electron chi connectivity index (χ3n) is 3.40. The van der Waals surface area contributed by atoms with Crippen LogP contribution in [0.4, 0.5) is 17.2 Å². The van der Waals surface area contributed by atoms with Crippen LogP contribution >= 0.6 is 0 Å². The third kappa shape index (κ3) is 4.53. The Morgan fingerprint density at radius 1 is 1.26 bits per heavy atom. The largest absolute Gasteiger partial charge is 0.477 e. The molecule has 1 aromatic heterocycles. The number of aliphatic hydroxyl groups excluding tert-OH is 1. The zero-order chi connectivity index (χ0) is 16.7. The summed E-state index contributed by atoms with van der Waals surface area (Å²) in [5.41, 5.74) is 2.88. The van der Waals surface area contributed by atoms with Gasteiger partial charge >= 0.3 is 0 Å². The predicted octanol–water partition coefficient (Wildman–Crippen LogP) is 3.35. The van der Waals surface area contributed by atoms with Crippen molar-refractivity contribution < 1.29 is 9.84 Å². The summed E-state index contributed by atoms with van der Waals surface area (Å²) in [6, 6.07) is 7.66. The Kier molecular flexibility index (Phi) is 6.10. The Morgan fingerprint density at radius 3 is 2.74 bits per heavy atom. The molecule has 0 atom stereocenters. The van der Waals surface area contributed by atoms with Crippen LogP contribution in [0, 0.1) is 6.92 Å². The number of aromatic amines is 1. The first kappa shape index (κ1) is 17.0. The van der Waals surface area contributed by atoms with Crippen molar-refractivity contribution in [1.29, 1.82) is 0 Å². The molecule has 7 nitrogen and oxygen atoms in total. The van der Waals surface area contributed by atoms with Crippen molar-refractivity contribution in [3.8, 4) is 5.88 Å². The molecular formula is C16H23N5O2. The molecule has 0 spiro atoms. The lowest BCUT2D eigenvalue weighted by Gasteiger charge is -2.22. The molecule has 1 aromatic carbocycles. The van der Waals surface area contributed by atoms with Gasteiger partial charge in [-0.05, 0) is 44.5 Å². The quantitative estimate of drug-likeness (QED) is 0.731. The summed E-state index contributed by atoms with van der Waals surface area (Å²) in [4.78, 5) is 2.11. The highest BCUT2D eigenvalue weighted by Gasteiger charge is 2.06. The van der Waals surface area contributed by atoms with E-state index in [1.807, 2.05) is 32.0 Å². The molecule has 0 fully saturated rings. The number of nitrogens with one attached hydrogen (secondary N) is 1. The maximum absolute atomic E-state index is 9.11. The summed E-state index contributed by atoms with van der Waals surface area (Å²) >= 11 is 0. The molecule has 2 rings (SSSR count). The van der Waals surface area contributed by atoms with Gasteiger partial charge < -0.3 is 14.7 Å². The van der Waals surface area contributed by atoms with Crippen LogP contribution < -0.4 is 9.64 Å². The van der Waals surface area contributed by atoms with E-state index in [0.29, 0.717) is 24.8 Å². The number of hydrogen-bond acceptors (Lipinski definition) is 6. The molecule has 124 valence electrons. The van der Waals surface area contributed by atoms with Crippen LogP contribution in [0.1, 0.15) is 19.4 Å². The maximum atomic E-state index is 9.11. The molecule has 0 aliphatic heterocycles. The van der Waals surface area contributed by atoms with Gasteiger partial charge in [0.1, 0.15) is 0 Å². The van der Waals surface area contributed by atoms with Crippen molar-refractivity contribution in [2.45, 2.75) is 20.8 Å². The number of rotatable bonds is 8. The monoisotopic (exact) mass is 317 g/mol. The highest BCUT2D eigenvalue weighted by atomic mass is 16.5. The highest BCUT2D eigenvalue weighted by molar-refractivity contribution is 5.57. The number of benzene rings is 1. The van der Waals surface area contributed by atoms with Gasteiger partial charge in [0.25, 0.3) is 0 Å². The number of aryl methyl sites for hydroxylation is 1. The van der Waals surface area contributed by atoms with E-state index in [-0.39, 0.29) is 6.61 Å². The van der Waals surface area contributed by atoms with E-state index in [2.05, 4.69) is 32.2 Å². The molecule has 2 N–H and O–H groups in total. The number of aromatic nitrogens is 2. The normalized spacial score (nSPS) is 11.1. The van der Waals surface area contributed by atoms with Gasteiger partial charge in [0, 0.05) is 24.8 Å². The zero-order valence-corrected chi connectivity index (χ0v) is 13.8. The second-order valence-electron chi connectivity index (χ2n) is 5.00. The number of H-pyrrole nitrogens is 1. The SMILES string of the molecule is CCOc1cc(N=Nc2ccc(N(CC)CCO)cc2C)[nH]n1. The van der Waals surface area contributed by atoms with E-state index in [4.69, 9.17) is 9.84 Å². The molecule has 7 heteroatoms. The Bertz CT molecular complexity index is 654. The number of ether oxygens (including phenoxy) is 1. The first-order valence-corrected chi connectivity index (χ1v) is 7.74. The van der Waals surface area contributed by atoms with Gasteiger partial charge in [0.05, 0.1) is 18.9 Å². The van der Waals surface area contributed by atoms with Gasteiger partial charge in [0.2, 0.25) is 5.88 Å². The summed E-state index contributed by atoms with van der Waals surface area (Å²) in [6.07, 6.45) is 0. The fourth-order valence-corrected chi connectivity index (χ4v) is 2.21. The van der Waals surface area contributed by atoms with E-state index in [1.54, 1.807) is 6.07 Å². The van der Waals surface area contributed by atoms with Crippen LogP contribution in [-0.4, -0.2) is 41.6 Å².